The number of carbonyl (C=O) groups excluding carboxylic acids is 2. The van der Waals surface area contributed by atoms with Gasteiger partial charge in [-0.2, -0.15) is 4.31 Å². The SMILES string of the molecule is COc1ccc(S(=O)(=O)N(C)C[C@H]2OCCCC[C@@H](C)Oc3ccc(NC(=O)C4CCCCC4)cc3C(=O)N([C@@H](C)CO)C[C@H]2C)cc1. The Hall–Kier alpha value is -3.19. The third kappa shape index (κ3) is 9.71. The van der Waals surface area contributed by atoms with E-state index >= 15 is 0 Å². The Morgan fingerprint density at radius 1 is 1.06 bits per heavy atom. The van der Waals surface area contributed by atoms with Gasteiger partial charge in [0.15, 0.2) is 0 Å². The predicted octanol–water partition coefficient (Wildman–Crippen LogP) is 5.33. The van der Waals surface area contributed by atoms with Crippen molar-refractivity contribution < 1.29 is 37.3 Å². The number of rotatable bonds is 9. The molecule has 0 spiro atoms. The molecule has 1 aliphatic heterocycles. The van der Waals surface area contributed by atoms with Crippen LogP contribution >= 0.6 is 0 Å². The first-order valence-electron chi connectivity index (χ1n) is 17.2. The lowest BCUT2D eigenvalue weighted by Gasteiger charge is -2.35. The molecule has 4 rings (SSSR count). The standard InChI is InChI=1S/C36H53N3O8S/c1-25-22-39(26(2)24-40)36(42)32-21-29(37-35(41)28-12-7-6-8-13-28)14-19-33(32)47-27(3)11-9-10-20-46-34(25)23-38(4)48(43,44)31-17-15-30(45-5)16-18-31/h14-19,21,25-28,34,40H,6-13,20,22-24H2,1-5H3,(H,37,41)/t25-,26+,27-,34-/m1/s1. The molecule has 0 saturated heterocycles. The van der Waals surface area contributed by atoms with Gasteiger partial charge >= 0.3 is 0 Å². The minimum absolute atomic E-state index is 0.0415. The van der Waals surface area contributed by atoms with Gasteiger partial charge in [-0.1, -0.05) is 26.2 Å². The Morgan fingerprint density at radius 3 is 2.42 bits per heavy atom. The van der Waals surface area contributed by atoms with E-state index in [-0.39, 0.29) is 54.3 Å². The molecule has 1 heterocycles. The van der Waals surface area contributed by atoms with Gasteiger partial charge in [0.1, 0.15) is 11.5 Å². The zero-order valence-electron chi connectivity index (χ0n) is 29.0. The summed E-state index contributed by atoms with van der Waals surface area (Å²) in [6, 6.07) is 10.9. The van der Waals surface area contributed by atoms with Crippen LogP contribution in [0.4, 0.5) is 5.69 Å². The molecule has 266 valence electrons. The van der Waals surface area contributed by atoms with Crippen LogP contribution in [0.15, 0.2) is 47.4 Å². The number of sulfonamides is 1. The molecule has 1 saturated carbocycles. The molecule has 0 bridgehead atoms. The number of carbonyl (C=O) groups is 2. The molecule has 11 nitrogen and oxygen atoms in total. The van der Waals surface area contributed by atoms with Gasteiger partial charge in [0, 0.05) is 44.3 Å². The van der Waals surface area contributed by atoms with Crippen molar-refractivity contribution in [2.75, 3.05) is 45.8 Å². The van der Waals surface area contributed by atoms with E-state index in [0.29, 0.717) is 29.4 Å². The van der Waals surface area contributed by atoms with Gasteiger partial charge in [0.25, 0.3) is 5.91 Å². The molecule has 12 heteroatoms. The Morgan fingerprint density at radius 2 is 1.75 bits per heavy atom. The molecule has 48 heavy (non-hydrogen) atoms. The molecular formula is C36H53N3O8S. The van der Waals surface area contributed by atoms with Crippen molar-refractivity contribution in [3.63, 3.8) is 0 Å². The van der Waals surface area contributed by atoms with E-state index in [0.717, 1.165) is 51.4 Å². The maximum Gasteiger partial charge on any atom is 0.258 e. The van der Waals surface area contributed by atoms with Crippen LogP contribution in [0.1, 0.15) is 82.5 Å². The van der Waals surface area contributed by atoms with Crippen LogP contribution in [0.2, 0.25) is 0 Å². The number of ether oxygens (including phenoxy) is 3. The zero-order valence-corrected chi connectivity index (χ0v) is 29.8. The summed E-state index contributed by atoms with van der Waals surface area (Å²) in [4.78, 5) is 29.2. The van der Waals surface area contributed by atoms with Gasteiger partial charge in [-0.25, -0.2) is 8.42 Å². The highest BCUT2D eigenvalue weighted by molar-refractivity contribution is 7.89. The number of hydrogen-bond acceptors (Lipinski definition) is 8. The van der Waals surface area contributed by atoms with Gasteiger partial charge < -0.3 is 29.5 Å². The monoisotopic (exact) mass is 687 g/mol. The second-order valence-electron chi connectivity index (χ2n) is 13.3. The molecule has 0 aromatic heterocycles. The number of anilines is 1. The third-order valence-corrected chi connectivity index (χ3v) is 11.3. The van der Waals surface area contributed by atoms with E-state index < -0.39 is 22.2 Å². The van der Waals surface area contributed by atoms with E-state index in [1.54, 1.807) is 42.2 Å². The molecule has 0 unspecified atom stereocenters. The van der Waals surface area contributed by atoms with Crippen molar-refractivity contribution in [2.24, 2.45) is 11.8 Å². The van der Waals surface area contributed by atoms with Crippen molar-refractivity contribution in [3.05, 3.63) is 48.0 Å². The smallest absolute Gasteiger partial charge is 0.258 e. The van der Waals surface area contributed by atoms with E-state index in [9.17, 15) is 23.1 Å². The number of likely N-dealkylation sites (N-methyl/N-ethyl adjacent to an activating group) is 1. The lowest BCUT2D eigenvalue weighted by molar-refractivity contribution is -0.120. The highest BCUT2D eigenvalue weighted by atomic mass is 32.2. The normalized spacial score (nSPS) is 22.7. The van der Waals surface area contributed by atoms with Crippen molar-refractivity contribution in [1.82, 2.24) is 9.21 Å². The lowest BCUT2D eigenvalue weighted by Crippen LogP contribution is -2.48. The molecule has 2 aliphatic rings. The van der Waals surface area contributed by atoms with Gasteiger partial charge in [-0.05, 0) is 88.4 Å². The van der Waals surface area contributed by atoms with Crippen LogP contribution in [0, 0.1) is 11.8 Å². The van der Waals surface area contributed by atoms with Crippen molar-refractivity contribution >= 4 is 27.5 Å². The lowest BCUT2D eigenvalue weighted by atomic mass is 9.88. The number of amides is 2. The largest absolute Gasteiger partial charge is 0.497 e. The fourth-order valence-electron chi connectivity index (χ4n) is 6.35. The summed E-state index contributed by atoms with van der Waals surface area (Å²) in [5, 5.41) is 13.3. The van der Waals surface area contributed by atoms with E-state index in [4.69, 9.17) is 14.2 Å². The van der Waals surface area contributed by atoms with Crippen LogP contribution in [-0.2, 0) is 19.6 Å². The summed E-state index contributed by atoms with van der Waals surface area (Å²) in [7, 11) is -0.788. The average molecular weight is 688 g/mol. The van der Waals surface area contributed by atoms with Crippen LogP contribution in [-0.4, -0.2) is 93.3 Å². The number of methoxy groups -OCH3 is 1. The summed E-state index contributed by atoms with van der Waals surface area (Å²) in [6.07, 6.45) is 6.48. The molecule has 1 aliphatic carbocycles. The van der Waals surface area contributed by atoms with Crippen LogP contribution in [0.3, 0.4) is 0 Å². The topological polar surface area (TPSA) is 135 Å². The molecule has 4 atom stereocenters. The predicted molar refractivity (Wildman–Crippen MR) is 185 cm³/mol. The number of aliphatic hydroxyl groups excluding tert-OH is 1. The van der Waals surface area contributed by atoms with Gasteiger partial charge in [-0.3, -0.25) is 9.59 Å². The quantitative estimate of drug-likeness (QED) is 0.362. The van der Waals surface area contributed by atoms with Gasteiger partial charge in [0.05, 0.1) is 42.4 Å². The number of fused-ring (bicyclic) bond motifs is 1. The molecule has 1 fully saturated rings. The molecule has 0 radical (unpaired) electrons. The Bertz CT molecular complexity index is 1460. The van der Waals surface area contributed by atoms with Crippen molar-refractivity contribution in [3.8, 4) is 11.5 Å². The van der Waals surface area contributed by atoms with Crippen molar-refractivity contribution in [2.45, 2.75) is 95.3 Å². The number of hydrogen-bond donors (Lipinski definition) is 2. The number of nitrogens with one attached hydrogen (secondary N) is 1. The first kappa shape index (κ1) is 37.6. The minimum Gasteiger partial charge on any atom is -0.497 e. The number of benzene rings is 2. The maximum atomic E-state index is 14.4. The molecule has 2 amide bonds. The minimum atomic E-state index is -3.84. The molecular weight excluding hydrogens is 634 g/mol. The summed E-state index contributed by atoms with van der Waals surface area (Å²) in [5.74, 6) is 0.227. The molecule has 2 aromatic rings. The van der Waals surface area contributed by atoms with E-state index in [2.05, 4.69) is 5.32 Å². The first-order valence-corrected chi connectivity index (χ1v) is 18.6. The summed E-state index contributed by atoms with van der Waals surface area (Å²) >= 11 is 0. The Kier molecular flexibility index (Phi) is 13.7. The summed E-state index contributed by atoms with van der Waals surface area (Å²) < 4.78 is 46.1. The van der Waals surface area contributed by atoms with E-state index in [1.807, 2.05) is 13.8 Å². The second-order valence-corrected chi connectivity index (χ2v) is 15.3. The highest BCUT2D eigenvalue weighted by Gasteiger charge is 2.33. The van der Waals surface area contributed by atoms with Crippen molar-refractivity contribution in [1.29, 1.82) is 0 Å². The zero-order chi connectivity index (χ0) is 34.8. The van der Waals surface area contributed by atoms with Crippen LogP contribution < -0.4 is 14.8 Å². The maximum absolute atomic E-state index is 14.4. The van der Waals surface area contributed by atoms with Crippen LogP contribution in [0.25, 0.3) is 0 Å². The summed E-state index contributed by atoms with van der Waals surface area (Å²) in [6.45, 7) is 6.05. The Labute approximate surface area is 286 Å². The van der Waals surface area contributed by atoms with Gasteiger partial charge in [-0.15, -0.1) is 0 Å². The second kappa shape index (κ2) is 17.5. The Balaban J connectivity index is 1.62. The molecule has 2 aromatic carbocycles. The van der Waals surface area contributed by atoms with Gasteiger partial charge in [0.2, 0.25) is 15.9 Å². The first-order chi connectivity index (χ1) is 22.9. The highest BCUT2D eigenvalue weighted by Crippen LogP contribution is 2.30. The fraction of sp³-hybridized carbons (Fsp3) is 0.611. The summed E-state index contributed by atoms with van der Waals surface area (Å²) in [5.41, 5.74) is 0.816. The third-order valence-electron chi connectivity index (χ3n) is 9.50. The molecule has 2 N–H and O–H groups in total. The van der Waals surface area contributed by atoms with Crippen LogP contribution in [0.5, 0.6) is 11.5 Å². The number of nitrogens with zero attached hydrogens (tertiary/aromatic N) is 2. The van der Waals surface area contributed by atoms with E-state index in [1.165, 1.54) is 30.6 Å². The fourth-order valence-corrected chi connectivity index (χ4v) is 7.53. The number of aliphatic hydroxyl groups is 1. The average Bonchev–Trinajstić information content (AvgIpc) is 3.09.